The number of nitrogens with zero attached hydrogens (tertiary/aromatic N) is 2. The van der Waals surface area contributed by atoms with Crippen LogP contribution in [0.2, 0.25) is 0 Å². The molecule has 156 valence electrons. The number of hydrogen-bond acceptors (Lipinski definition) is 3. The summed E-state index contributed by atoms with van der Waals surface area (Å²) in [6.07, 6.45) is 0. The number of halogens is 3. The van der Waals surface area contributed by atoms with E-state index in [2.05, 4.69) is 15.6 Å². The first kappa shape index (κ1) is 22.1. The molecule has 0 aliphatic heterocycles. The van der Waals surface area contributed by atoms with Crippen LogP contribution in [0.3, 0.4) is 0 Å². The summed E-state index contributed by atoms with van der Waals surface area (Å²) in [4.78, 5) is 18.0. The maximum Gasteiger partial charge on any atom is 0.246 e. The van der Waals surface area contributed by atoms with E-state index in [-0.39, 0.29) is 6.54 Å². The highest BCUT2D eigenvalue weighted by Crippen LogP contribution is 2.19. The molecule has 0 aromatic heterocycles. The number of carbonyl (C=O) groups excluding carboxylic acids is 1. The number of carbonyl (C=O) groups is 1. The van der Waals surface area contributed by atoms with Gasteiger partial charge in [0.25, 0.3) is 0 Å². The number of rotatable bonds is 8. The number of anilines is 1. The van der Waals surface area contributed by atoms with E-state index in [0.29, 0.717) is 25.7 Å². The molecule has 0 saturated heterocycles. The van der Waals surface area contributed by atoms with Gasteiger partial charge in [0.05, 0.1) is 12.2 Å². The quantitative estimate of drug-likeness (QED) is 0.400. The van der Waals surface area contributed by atoms with Gasteiger partial charge in [-0.05, 0) is 31.2 Å². The molecular weight excluding hydrogens is 385 g/mol. The van der Waals surface area contributed by atoms with Crippen LogP contribution in [0.25, 0.3) is 0 Å². The lowest BCUT2D eigenvalue weighted by atomic mass is 10.3. The van der Waals surface area contributed by atoms with E-state index < -0.39 is 29.0 Å². The van der Waals surface area contributed by atoms with Crippen molar-refractivity contribution in [3.63, 3.8) is 0 Å². The molecular formula is C20H23F3N4O2. The van der Waals surface area contributed by atoms with Crippen molar-refractivity contribution in [2.45, 2.75) is 6.92 Å². The largest absolute Gasteiger partial charge is 0.492 e. The van der Waals surface area contributed by atoms with Gasteiger partial charge in [0.2, 0.25) is 5.91 Å². The lowest BCUT2D eigenvalue weighted by Gasteiger charge is -2.22. The Morgan fingerprint density at radius 2 is 1.83 bits per heavy atom. The molecule has 0 atom stereocenters. The topological polar surface area (TPSA) is 66.0 Å². The lowest BCUT2D eigenvalue weighted by Crippen LogP contribution is -2.41. The predicted molar refractivity (Wildman–Crippen MR) is 105 cm³/mol. The summed E-state index contributed by atoms with van der Waals surface area (Å²) in [5.41, 5.74) is -0.446. The van der Waals surface area contributed by atoms with Gasteiger partial charge in [0.1, 0.15) is 18.9 Å². The van der Waals surface area contributed by atoms with Gasteiger partial charge < -0.3 is 20.3 Å². The molecule has 0 bridgehead atoms. The van der Waals surface area contributed by atoms with E-state index in [1.54, 1.807) is 11.9 Å². The fraction of sp³-hybridized carbons (Fsp3) is 0.300. The van der Waals surface area contributed by atoms with Crippen LogP contribution in [-0.2, 0) is 4.79 Å². The number of amides is 1. The second kappa shape index (κ2) is 10.9. The van der Waals surface area contributed by atoms with E-state index in [9.17, 15) is 18.0 Å². The minimum Gasteiger partial charge on any atom is -0.492 e. The molecule has 0 spiro atoms. The highest BCUT2D eigenvalue weighted by atomic mass is 19.2. The van der Waals surface area contributed by atoms with Gasteiger partial charge in [-0.3, -0.25) is 4.79 Å². The third-order valence-corrected chi connectivity index (χ3v) is 3.82. The Labute approximate surface area is 167 Å². The third kappa shape index (κ3) is 6.70. The Hall–Kier alpha value is -3.23. The molecule has 6 nitrogen and oxygen atoms in total. The minimum atomic E-state index is -1.64. The highest BCUT2D eigenvalue weighted by molar-refractivity contribution is 5.94. The zero-order chi connectivity index (χ0) is 21.2. The molecule has 2 aromatic carbocycles. The molecule has 0 saturated carbocycles. The predicted octanol–water partition coefficient (Wildman–Crippen LogP) is 3.02. The first-order valence-corrected chi connectivity index (χ1v) is 9.03. The summed E-state index contributed by atoms with van der Waals surface area (Å²) in [5.74, 6) is -3.89. The molecule has 2 N–H and O–H groups in total. The summed E-state index contributed by atoms with van der Waals surface area (Å²) in [5, 5.41) is 5.22. The van der Waals surface area contributed by atoms with Crippen LogP contribution >= 0.6 is 0 Å². The van der Waals surface area contributed by atoms with Crippen LogP contribution in [0.15, 0.2) is 47.5 Å². The molecule has 2 aromatic rings. The van der Waals surface area contributed by atoms with Crippen molar-refractivity contribution in [1.29, 1.82) is 0 Å². The maximum absolute atomic E-state index is 13.6. The van der Waals surface area contributed by atoms with Crippen LogP contribution in [0, 0.1) is 17.5 Å². The Bertz CT molecular complexity index is 847. The molecule has 1 amide bonds. The summed E-state index contributed by atoms with van der Waals surface area (Å²) >= 11 is 0. The van der Waals surface area contributed by atoms with E-state index in [1.807, 2.05) is 37.3 Å². The van der Waals surface area contributed by atoms with Crippen molar-refractivity contribution in [1.82, 2.24) is 10.2 Å². The zero-order valence-corrected chi connectivity index (χ0v) is 16.2. The van der Waals surface area contributed by atoms with Crippen LogP contribution in [0.5, 0.6) is 5.75 Å². The second-order valence-corrected chi connectivity index (χ2v) is 6.02. The number of para-hydroxylation sites is 1. The molecule has 29 heavy (non-hydrogen) atoms. The van der Waals surface area contributed by atoms with Gasteiger partial charge in [0.15, 0.2) is 23.4 Å². The molecule has 0 heterocycles. The van der Waals surface area contributed by atoms with Gasteiger partial charge in [0, 0.05) is 13.6 Å². The number of benzene rings is 2. The summed E-state index contributed by atoms with van der Waals surface area (Å²) < 4.78 is 45.5. The van der Waals surface area contributed by atoms with Gasteiger partial charge >= 0.3 is 0 Å². The maximum atomic E-state index is 13.6. The van der Waals surface area contributed by atoms with E-state index in [4.69, 9.17) is 4.74 Å². The van der Waals surface area contributed by atoms with Crippen molar-refractivity contribution >= 4 is 17.6 Å². The average Bonchev–Trinajstić information content (AvgIpc) is 2.72. The molecule has 0 radical (unpaired) electrons. The Morgan fingerprint density at radius 1 is 1.10 bits per heavy atom. The summed E-state index contributed by atoms with van der Waals surface area (Å²) in [7, 11) is 1.78. The fourth-order valence-electron chi connectivity index (χ4n) is 2.35. The van der Waals surface area contributed by atoms with Crippen molar-refractivity contribution < 1.29 is 22.7 Å². The van der Waals surface area contributed by atoms with E-state index >= 15 is 0 Å². The number of hydrogen-bond donors (Lipinski definition) is 2. The molecule has 0 unspecified atom stereocenters. The van der Waals surface area contributed by atoms with Crippen LogP contribution in [0.4, 0.5) is 18.9 Å². The molecule has 0 aliphatic rings. The van der Waals surface area contributed by atoms with Crippen LogP contribution in [0.1, 0.15) is 6.92 Å². The van der Waals surface area contributed by atoms with Gasteiger partial charge in [-0.2, -0.15) is 0 Å². The van der Waals surface area contributed by atoms with Crippen LogP contribution in [-0.4, -0.2) is 50.1 Å². The highest BCUT2D eigenvalue weighted by Gasteiger charge is 2.15. The molecule has 0 aliphatic carbocycles. The molecule has 0 fully saturated rings. The molecule has 9 heteroatoms. The zero-order valence-electron chi connectivity index (χ0n) is 16.2. The smallest absolute Gasteiger partial charge is 0.246 e. The summed E-state index contributed by atoms with van der Waals surface area (Å²) in [6.45, 7) is 3.02. The molecule has 2 rings (SSSR count). The number of ether oxygens (including phenoxy) is 1. The first-order chi connectivity index (χ1) is 13.9. The SMILES string of the molecule is CCNC(=NCC(=O)Nc1ccc(F)c(F)c1F)N(C)CCOc1ccccc1. The number of nitrogens with one attached hydrogen (secondary N) is 2. The van der Waals surface area contributed by atoms with Gasteiger partial charge in [-0.25, -0.2) is 18.2 Å². The number of aliphatic imine (C=N–C) groups is 1. The fourth-order valence-corrected chi connectivity index (χ4v) is 2.35. The average molecular weight is 408 g/mol. The van der Waals surface area contributed by atoms with Gasteiger partial charge in [-0.1, -0.05) is 18.2 Å². The lowest BCUT2D eigenvalue weighted by molar-refractivity contribution is -0.114. The number of likely N-dealkylation sites (N-methyl/N-ethyl adjacent to an activating group) is 1. The standard InChI is InChI=1S/C20H23F3N4O2/c1-3-24-20(27(2)11-12-29-14-7-5-4-6-8-14)25-13-17(28)26-16-10-9-15(21)18(22)19(16)23/h4-10H,3,11-13H2,1-2H3,(H,24,25)(H,26,28). The summed E-state index contributed by atoms with van der Waals surface area (Å²) in [6, 6.07) is 11.0. The minimum absolute atomic E-state index is 0.329. The Kier molecular flexibility index (Phi) is 8.32. The van der Waals surface area contributed by atoms with Crippen molar-refractivity contribution in [3.05, 3.63) is 59.9 Å². The second-order valence-electron chi connectivity index (χ2n) is 6.02. The van der Waals surface area contributed by atoms with E-state index in [1.165, 1.54) is 0 Å². The number of guanidine groups is 1. The van der Waals surface area contributed by atoms with E-state index in [0.717, 1.165) is 17.9 Å². The van der Waals surface area contributed by atoms with Crippen molar-refractivity contribution in [3.8, 4) is 5.75 Å². The van der Waals surface area contributed by atoms with Crippen molar-refractivity contribution in [2.24, 2.45) is 4.99 Å². The Morgan fingerprint density at radius 3 is 2.52 bits per heavy atom. The third-order valence-electron chi connectivity index (χ3n) is 3.82. The van der Waals surface area contributed by atoms with Crippen molar-refractivity contribution in [2.75, 3.05) is 38.6 Å². The van der Waals surface area contributed by atoms with Gasteiger partial charge in [-0.15, -0.1) is 0 Å². The Balaban J connectivity index is 1.91. The first-order valence-electron chi connectivity index (χ1n) is 9.03. The monoisotopic (exact) mass is 408 g/mol. The normalized spacial score (nSPS) is 11.1. The van der Waals surface area contributed by atoms with Crippen LogP contribution < -0.4 is 15.4 Å².